The standard InChI is InChI=1S/C20H22N4O5/c1-5-29-17-12(2)10-21-18-16(17)19(26)24(20(27)23(18)3)11-15(25)22-13-6-8-14(28-4)9-7-13/h6-10H,5,11H2,1-4H3,(H,22,25). The van der Waals surface area contributed by atoms with Crippen LogP contribution in [-0.2, 0) is 18.4 Å². The predicted octanol–water partition coefficient (Wildman–Crippen LogP) is 1.45. The average Bonchev–Trinajstić information content (AvgIpc) is 2.71. The van der Waals surface area contributed by atoms with E-state index in [0.29, 0.717) is 29.4 Å². The minimum absolute atomic E-state index is 0.172. The monoisotopic (exact) mass is 398 g/mol. The molecule has 0 saturated heterocycles. The Morgan fingerprint density at radius 3 is 2.52 bits per heavy atom. The van der Waals surface area contributed by atoms with Crippen molar-refractivity contribution in [3.63, 3.8) is 0 Å². The molecule has 9 heteroatoms. The Hall–Kier alpha value is -3.62. The molecular formula is C20H22N4O5. The van der Waals surface area contributed by atoms with Crippen LogP contribution in [0, 0.1) is 6.92 Å². The molecule has 0 unspecified atom stereocenters. The van der Waals surface area contributed by atoms with Crippen molar-refractivity contribution in [1.29, 1.82) is 0 Å². The summed E-state index contributed by atoms with van der Waals surface area (Å²) in [7, 11) is 3.04. The molecule has 2 heterocycles. The van der Waals surface area contributed by atoms with Crippen LogP contribution in [0.25, 0.3) is 11.0 Å². The Kier molecular flexibility index (Phi) is 5.67. The van der Waals surface area contributed by atoms with E-state index in [0.717, 1.165) is 4.57 Å². The van der Waals surface area contributed by atoms with Gasteiger partial charge in [0.05, 0.1) is 13.7 Å². The van der Waals surface area contributed by atoms with Crippen molar-refractivity contribution in [1.82, 2.24) is 14.1 Å². The number of anilines is 1. The normalized spacial score (nSPS) is 10.8. The van der Waals surface area contributed by atoms with Gasteiger partial charge in [0.25, 0.3) is 5.56 Å². The highest BCUT2D eigenvalue weighted by molar-refractivity contribution is 5.91. The third-order valence-corrected chi connectivity index (χ3v) is 4.45. The highest BCUT2D eigenvalue weighted by Crippen LogP contribution is 2.24. The zero-order valence-electron chi connectivity index (χ0n) is 16.7. The van der Waals surface area contributed by atoms with Crippen molar-refractivity contribution in [2.45, 2.75) is 20.4 Å². The molecule has 0 aliphatic heterocycles. The molecule has 0 spiro atoms. The Morgan fingerprint density at radius 1 is 1.21 bits per heavy atom. The lowest BCUT2D eigenvalue weighted by atomic mass is 10.2. The maximum absolute atomic E-state index is 13.1. The number of fused-ring (bicyclic) bond motifs is 1. The molecule has 0 fully saturated rings. The maximum Gasteiger partial charge on any atom is 0.332 e. The molecule has 1 aromatic carbocycles. The van der Waals surface area contributed by atoms with Crippen LogP contribution < -0.4 is 26.0 Å². The van der Waals surface area contributed by atoms with E-state index in [1.54, 1.807) is 51.4 Å². The van der Waals surface area contributed by atoms with Crippen molar-refractivity contribution >= 4 is 22.6 Å². The predicted molar refractivity (Wildman–Crippen MR) is 109 cm³/mol. The van der Waals surface area contributed by atoms with E-state index in [-0.39, 0.29) is 11.0 Å². The first-order chi connectivity index (χ1) is 13.9. The molecule has 0 atom stereocenters. The smallest absolute Gasteiger partial charge is 0.332 e. The largest absolute Gasteiger partial charge is 0.497 e. The number of carbonyl (C=O) groups is 1. The molecule has 3 aromatic rings. The van der Waals surface area contributed by atoms with Gasteiger partial charge >= 0.3 is 5.69 Å². The van der Waals surface area contributed by atoms with E-state index in [1.165, 1.54) is 11.6 Å². The lowest BCUT2D eigenvalue weighted by Gasteiger charge is -2.14. The van der Waals surface area contributed by atoms with Crippen molar-refractivity contribution in [2.24, 2.45) is 7.05 Å². The van der Waals surface area contributed by atoms with Crippen molar-refractivity contribution in [3.05, 3.63) is 56.9 Å². The van der Waals surface area contributed by atoms with E-state index in [9.17, 15) is 14.4 Å². The number of ether oxygens (including phenoxy) is 2. The number of amides is 1. The van der Waals surface area contributed by atoms with Gasteiger partial charge in [-0.1, -0.05) is 0 Å². The summed E-state index contributed by atoms with van der Waals surface area (Å²) in [6.07, 6.45) is 1.55. The van der Waals surface area contributed by atoms with Crippen LogP contribution in [0.1, 0.15) is 12.5 Å². The van der Waals surface area contributed by atoms with E-state index < -0.39 is 23.7 Å². The van der Waals surface area contributed by atoms with Gasteiger partial charge in [-0.3, -0.25) is 14.2 Å². The number of aryl methyl sites for hydroxylation is 2. The minimum atomic E-state index is -0.633. The lowest BCUT2D eigenvalue weighted by Crippen LogP contribution is -2.42. The third kappa shape index (κ3) is 3.84. The van der Waals surface area contributed by atoms with Crippen molar-refractivity contribution < 1.29 is 14.3 Å². The van der Waals surface area contributed by atoms with Crippen LogP contribution >= 0.6 is 0 Å². The zero-order valence-corrected chi connectivity index (χ0v) is 16.7. The number of rotatable bonds is 6. The number of carbonyl (C=O) groups excluding carboxylic acids is 1. The first-order valence-corrected chi connectivity index (χ1v) is 9.03. The van der Waals surface area contributed by atoms with E-state index in [1.807, 2.05) is 0 Å². The fourth-order valence-electron chi connectivity index (χ4n) is 3.01. The number of benzene rings is 1. The number of pyridine rings is 1. The molecule has 2 aromatic heterocycles. The van der Waals surface area contributed by atoms with Crippen LogP contribution in [0.3, 0.4) is 0 Å². The van der Waals surface area contributed by atoms with Gasteiger partial charge < -0.3 is 14.8 Å². The fraction of sp³-hybridized carbons (Fsp3) is 0.300. The second kappa shape index (κ2) is 8.17. The van der Waals surface area contributed by atoms with Gasteiger partial charge in [0.15, 0.2) is 5.65 Å². The number of nitrogens with zero attached hydrogens (tertiary/aromatic N) is 3. The van der Waals surface area contributed by atoms with Crippen LogP contribution in [0.2, 0.25) is 0 Å². The second-order valence-electron chi connectivity index (χ2n) is 6.41. The summed E-state index contributed by atoms with van der Waals surface area (Å²) < 4.78 is 12.8. The Balaban J connectivity index is 2.02. The van der Waals surface area contributed by atoms with E-state index in [4.69, 9.17) is 9.47 Å². The summed E-state index contributed by atoms with van der Waals surface area (Å²) in [6.45, 7) is 3.48. The molecule has 1 amide bonds. The number of aromatic nitrogens is 3. The van der Waals surface area contributed by atoms with Crippen molar-refractivity contribution in [3.8, 4) is 11.5 Å². The third-order valence-electron chi connectivity index (χ3n) is 4.45. The number of hydrogen-bond donors (Lipinski definition) is 1. The molecule has 9 nitrogen and oxygen atoms in total. The average molecular weight is 398 g/mol. The summed E-state index contributed by atoms with van der Waals surface area (Å²) in [5.74, 6) is 0.503. The van der Waals surface area contributed by atoms with Crippen molar-refractivity contribution in [2.75, 3.05) is 19.0 Å². The van der Waals surface area contributed by atoms with Gasteiger partial charge in [0.1, 0.15) is 23.4 Å². The molecule has 0 aliphatic rings. The van der Waals surface area contributed by atoms with Crippen LogP contribution in [0.15, 0.2) is 40.1 Å². The quantitative estimate of drug-likeness (QED) is 0.674. The SMILES string of the molecule is CCOc1c(C)cnc2c1c(=O)n(CC(=O)Nc1ccc(OC)cc1)c(=O)n2C. The van der Waals surface area contributed by atoms with Crippen LogP contribution in [0.5, 0.6) is 11.5 Å². The van der Waals surface area contributed by atoms with Gasteiger partial charge in [0, 0.05) is 24.5 Å². The Morgan fingerprint density at radius 2 is 1.90 bits per heavy atom. The second-order valence-corrected chi connectivity index (χ2v) is 6.41. The van der Waals surface area contributed by atoms with Gasteiger partial charge in [0.2, 0.25) is 5.91 Å². The Bertz CT molecular complexity index is 1180. The molecule has 152 valence electrons. The molecule has 0 bridgehead atoms. The molecule has 0 radical (unpaired) electrons. The van der Waals surface area contributed by atoms with Crippen LogP contribution in [-0.4, -0.2) is 33.7 Å². The number of nitrogens with one attached hydrogen (secondary N) is 1. The summed E-state index contributed by atoms with van der Waals surface area (Å²) in [4.78, 5) is 42.4. The summed E-state index contributed by atoms with van der Waals surface area (Å²) >= 11 is 0. The van der Waals surface area contributed by atoms with Gasteiger partial charge in [-0.05, 0) is 38.1 Å². The lowest BCUT2D eigenvalue weighted by molar-refractivity contribution is -0.116. The highest BCUT2D eigenvalue weighted by atomic mass is 16.5. The molecule has 0 saturated carbocycles. The van der Waals surface area contributed by atoms with Gasteiger partial charge in [-0.25, -0.2) is 14.3 Å². The minimum Gasteiger partial charge on any atom is -0.497 e. The molecule has 0 aliphatic carbocycles. The summed E-state index contributed by atoms with van der Waals surface area (Å²) in [5, 5.41) is 2.84. The first-order valence-electron chi connectivity index (χ1n) is 9.03. The number of methoxy groups -OCH3 is 1. The highest BCUT2D eigenvalue weighted by Gasteiger charge is 2.19. The first kappa shape index (κ1) is 20.1. The molecular weight excluding hydrogens is 376 g/mol. The van der Waals surface area contributed by atoms with Gasteiger partial charge in [-0.2, -0.15) is 0 Å². The van der Waals surface area contributed by atoms with E-state index in [2.05, 4.69) is 10.3 Å². The topological polar surface area (TPSA) is 104 Å². The summed E-state index contributed by atoms with van der Waals surface area (Å²) in [5.41, 5.74) is 0.151. The number of hydrogen-bond acceptors (Lipinski definition) is 6. The molecule has 1 N–H and O–H groups in total. The molecule has 3 rings (SSSR count). The fourth-order valence-corrected chi connectivity index (χ4v) is 3.01. The zero-order chi connectivity index (χ0) is 21.1. The molecule has 29 heavy (non-hydrogen) atoms. The van der Waals surface area contributed by atoms with Crippen LogP contribution in [0.4, 0.5) is 5.69 Å². The summed E-state index contributed by atoms with van der Waals surface area (Å²) in [6, 6.07) is 6.72. The van der Waals surface area contributed by atoms with E-state index >= 15 is 0 Å². The van der Waals surface area contributed by atoms with Gasteiger partial charge in [-0.15, -0.1) is 0 Å². The Labute approximate surface area is 166 Å². The maximum atomic E-state index is 13.1.